The number of hydrogen-bond acceptors (Lipinski definition) is 21. The van der Waals surface area contributed by atoms with E-state index in [1.54, 1.807) is 199 Å². The molecule has 140 heavy (non-hydrogen) atoms. The van der Waals surface area contributed by atoms with Crippen molar-refractivity contribution in [1.29, 1.82) is 0 Å². The number of nitro benzene ring substituents is 4. The number of aromatic nitrogens is 8. The Hall–Kier alpha value is -19.2. The van der Waals surface area contributed by atoms with Crippen molar-refractivity contribution >= 4 is 184 Å². The third-order valence-corrected chi connectivity index (χ3v) is 23.4. The summed E-state index contributed by atoms with van der Waals surface area (Å²) in [7, 11) is 0. The predicted molar refractivity (Wildman–Crippen MR) is 544 cm³/mol. The zero-order valence-electron chi connectivity index (χ0n) is 72.3. The molecule has 0 spiro atoms. The fourth-order valence-electron chi connectivity index (χ4n) is 15.0. The average Bonchev–Trinajstić information content (AvgIpc) is 0.785. The van der Waals surface area contributed by atoms with E-state index in [-0.39, 0.29) is 67.2 Å². The Balaban J connectivity index is 0.000000135. The standard InChI is InChI=1S/C29H19N3O5.C27H17N3O5S.C27H17N3O5.C23H14IN3O5/c33-28-25-18-22(20-6-2-1-3-7-20)12-15-26(25)30-27(16-9-19-5-4-8-24(17-19)32(36)37)31(28)23-13-10-21(11-14-23)29(34)35;31-26-22-16-19(24-5-2-14-36-24)9-12-23(22)28-25(13-6-17-3-1-4-21(15-17)30(34)35)29(26)20-10-7-18(8-11-20)27(32)33;31-26-23-15-19-5-1-2-6-20(19)16-24(23)28-25(13-8-17-4-3-7-22(14-17)30(34)35)29(26)21-11-9-18(10-12-21)27(32)33;24-16-6-11-20-19(13-16)22(28)26(17-9-4-15(5-10-17)23(29)30)21(25-20)12-3-14-1-7-18(8-2-14)27(31)32/h1-18H,(H,34,35);1-16H,(H,32,33);1-16H,(H,32,33);1-13H,(H,29,30)/b16-9+;13-6+;13-8+;12-3+. The van der Waals surface area contributed by atoms with Crippen LogP contribution in [0.1, 0.15) is 87.0 Å². The normalized spacial score (nSPS) is 11.2. The van der Waals surface area contributed by atoms with Crippen LogP contribution in [0.2, 0.25) is 0 Å². The number of non-ortho nitro benzene ring substituents is 4. The van der Waals surface area contributed by atoms with Gasteiger partial charge in [-0.3, -0.25) is 77.9 Å². The minimum Gasteiger partial charge on any atom is -0.478 e. The van der Waals surface area contributed by atoms with Gasteiger partial charge in [0.1, 0.15) is 23.3 Å². The number of aromatic carboxylic acids is 4. The highest BCUT2D eigenvalue weighted by Gasteiger charge is 2.22. The molecule has 0 radical (unpaired) electrons. The molecular formula is C106H67IN12O20S. The molecule has 5 aromatic heterocycles. The van der Waals surface area contributed by atoms with Crippen molar-refractivity contribution in [3.63, 3.8) is 0 Å². The molecule has 4 N–H and O–H groups in total. The summed E-state index contributed by atoms with van der Waals surface area (Å²) < 4.78 is 6.50. The van der Waals surface area contributed by atoms with Crippen LogP contribution in [-0.4, -0.2) is 102 Å². The lowest BCUT2D eigenvalue weighted by Gasteiger charge is -2.13. The highest BCUT2D eigenvalue weighted by molar-refractivity contribution is 14.1. The third kappa shape index (κ3) is 21.4. The Bertz CT molecular complexity index is 8610. The van der Waals surface area contributed by atoms with E-state index in [0.717, 1.165) is 35.9 Å². The van der Waals surface area contributed by atoms with Crippen LogP contribution in [0.15, 0.2) is 352 Å². The molecule has 0 saturated heterocycles. The van der Waals surface area contributed by atoms with E-state index in [9.17, 15) is 94.1 Å². The van der Waals surface area contributed by atoms with Gasteiger partial charge in [-0.2, -0.15) is 0 Å². The van der Waals surface area contributed by atoms with Crippen molar-refractivity contribution < 1.29 is 59.3 Å². The van der Waals surface area contributed by atoms with Gasteiger partial charge in [0.25, 0.3) is 45.0 Å². The first-order valence-corrected chi connectivity index (χ1v) is 44.0. The molecule has 0 amide bonds. The van der Waals surface area contributed by atoms with Gasteiger partial charge in [0.15, 0.2) is 0 Å². The van der Waals surface area contributed by atoms with E-state index in [2.05, 4.69) is 27.6 Å². The molecule has 0 aliphatic rings. The van der Waals surface area contributed by atoms with Crippen molar-refractivity contribution in [3.05, 3.63) is 486 Å². The van der Waals surface area contributed by atoms with Gasteiger partial charge < -0.3 is 20.4 Å². The molecule has 19 aromatic rings. The van der Waals surface area contributed by atoms with Gasteiger partial charge in [0.05, 0.1) is 108 Å². The van der Waals surface area contributed by atoms with Gasteiger partial charge in [0, 0.05) is 57.0 Å². The molecule has 0 bridgehead atoms. The van der Waals surface area contributed by atoms with Gasteiger partial charge in [-0.1, -0.05) is 133 Å². The molecule has 0 atom stereocenters. The molecule has 0 aliphatic heterocycles. The summed E-state index contributed by atoms with van der Waals surface area (Å²) in [5, 5.41) is 86.6. The molecule has 14 aromatic carbocycles. The van der Waals surface area contributed by atoms with E-state index in [4.69, 9.17) is 20.1 Å². The largest absolute Gasteiger partial charge is 0.478 e. The van der Waals surface area contributed by atoms with Crippen molar-refractivity contribution in [2.45, 2.75) is 0 Å². The van der Waals surface area contributed by atoms with Gasteiger partial charge >= 0.3 is 23.9 Å². The molecule has 684 valence electrons. The van der Waals surface area contributed by atoms with E-state index >= 15 is 0 Å². The average molecular weight is 1990 g/mol. The number of carbonyl (C=O) groups is 4. The smallest absolute Gasteiger partial charge is 0.335 e. The van der Waals surface area contributed by atoms with Crippen LogP contribution in [0.25, 0.3) is 147 Å². The molecule has 0 saturated carbocycles. The molecule has 0 unspecified atom stereocenters. The molecule has 34 heteroatoms. The number of thiophene rings is 1. The van der Waals surface area contributed by atoms with Crippen LogP contribution >= 0.6 is 33.9 Å². The number of halogens is 1. The van der Waals surface area contributed by atoms with Gasteiger partial charge in [-0.05, 0) is 272 Å². The van der Waals surface area contributed by atoms with E-state index < -0.39 is 43.6 Å². The van der Waals surface area contributed by atoms with Crippen molar-refractivity contribution in [2.75, 3.05) is 0 Å². The molecule has 0 aliphatic carbocycles. The zero-order chi connectivity index (χ0) is 98.5. The molecule has 32 nitrogen and oxygen atoms in total. The summed E-state index contributed by atoms with van der Waals surface area (Å²) in [6, 6.07) is 89.2. The number of benzene rings is 14. The molecule has 5 heterocycles. The van der Waals surface area contributed by atoms with Gasteiger partial charge in [-0.15, -0.1) is 11.3 Å². The van der Waals surface area contributed by atoms with Crippen LogP contribution in [0, 0.1) is 44.0 Å². The van der Waals surface area contributed by atoms with Crippen molar-refractivity contribution in [2.24, 2.45) is 0 Å². The number of rotatable bonds is 22. The maximum absolute atomic E-state index is 13.8. The topological polar surface area (TPSA) is 461 Å². The predicted octanol–water partition coefficient (Wildman–Crippen LogP) is 21.8. The third-order valence-electron chi connectivity index (χ3n) is 21.9. The second-order valence-electron chi connectivity index (χ2n) is 30.8. The Labute approximate surface area is 806 Å². The number of fused-ring (bicyclic) bond motifs is 5. The fraction of sp³-hybridized carbons (Fsp3) is 0. The first-order valence-electron chi connectivity index (χ1n) is 42.0. The number of hydrogen-bond donors (Lipinski definition) is 4. The summed E-state index contributed by atoms with van der Waals surface area (Å²) in [4.78, 5) is 162. The highest BCUT2D eigenvalue weighted by atomic mass is 127. The minimum atomic E-state index is -1.08. The summed E-state index contributed by atoms with van der Waals surface area (Å²) in [5.74, 6) is -3.06. The maximum Gasteiger partial charge on any atom is 0.335 e. The van der Waals surface area contributed by atoms with Crippen molar-refractivity contribution in [1.82, 2.24) is 38.2 Å². The summed E-state index contributed by atoms with van der Waals surface area (Å²) in [6.07, 6.45) is 13.1. The van der Waals surface area contributed by atoms with E-state index in [0.29, 0.717) is 112 Å². The van der Waals surface area contributed by atoms with Crippen LogP contribution in [0.4, 0.5) is 22.7 Å². The number of carboxylic acids is 4. The van der Waals surface area contributed by atoms with Gasteiger partial charge in [0.2, 0.25) is 0 Å². The minimum absolute atomic E-state index is 0.0176. The SMILES string of the molecule is O=C(O)c1ccc(-n2c(/C=C/c3ccc([N+](=O)[O-])cc3)nc3ccc(I)cc3c2=O)cc1.O=C(O)c1ccc(-n2c(/C=C/c3cccc([N+](=O)[O-])c3)nc3cc4ccccc4cc3c2=O)cc1.O=C(O)c1ccc(-n2c(/C=C/c3cccc([N+](=O)[O-])c3)nc3ccc(-c4ccccc4)cc3c2=O)cc1.O=C(O)c1ccc(-n2c(/C=C/c3cccc([N+](=O)[O-])c3)nc3ccc(-c4cccs4)cc3c2=O)cc1. The van der Waals surface area contributed by atoms with Crippen LogP contribution in [0.5, 0.6) is 0 Å². The second kappa shape index (κ2) is 41.5. The lowest BCUT2D eigenvalue weighted by atomic mass is 10.0. The van der Waals surface area contributed by atoms with Crippen molar-refractivity contribution in [3.8, 4) is 44.3 Å². The number of nitro groups is 4. The molecule has 19 rings (SSSR count). The summed E-state index contributed by atoms with van der Waals surface area (Å²) in [5.41, 5.74) is 7.87. The second-order valence-corrected chi connectivity index (χ2v) is 33.0. The first kappa shape index (κ1) is 94.0. The van der Waals surface area contributed by atoms with Crippen LogP contribution in [-0.2, 0) is 0 Å². The Morgan fingerprint density at radius 3 is 0.979 bits per heavy atom. The zero-order valence-corrected chi connectivity index (χ0v) is 75.3. The molecule has 0 fully saturated rings. The Morgan fingerprint density at radius 1 is 0.286 bits per heavy atom. The fourth-order valence-corrected chi connectivity index (χ4v) is 16.2. The molecular weight excluding hydrogens is 1920 g/mol. The first-order chi connectivity index (χ1) is 67.5. The lowest BCUT2D eigenvalue weighted by molar-refractivity contribution is -0.385. The maximum atomic E-state index is 13.8. The lowest BCUT2D eigenvalue weighted by Crippen LogP contribution is -2.22. The van der Waals surface area contributed by atoms with Crippen LogP contribution < -0.4 is 22.2 Å². The van der Waals surface area contributed by atoms with E-state index in [1.807, 2.05) is 96.4 Å². The van der Waals surface area contributed by atoms with Gasteiger partial charge in [-0.25, -0.2) is 39.1 Å². The quantitative estimate of drug-likeness (QED) is 0.0212. The number of carboxylic acid groups (broad SMARTS) is 4. The van der Waals surface area contributed by atoms with E-state index in [1.165, 1.54) is 115 Å². The summed E-state index contributed by atoms with van der Waals surface area (Å²) >= 11 is 3.68. The Morgan fingerprint density at radius 2 is 0.614 bits per heavy atom. The Kier molecular flexibility index (Phi) is 27.9. The highest BCUT2D eigenvalue weighted by Crippen LogP contribution is 2.32. The van der Waals surface area contributed by atoms with Crippen LogP contribution in [0.3, 0.4) is 0 Å². The monoisotopic (exact) mass is 1990 g/mol. The summed E-state index contributed by atoms with van der Waals surface area (Å²) in [6.45, 7) is 0. The number of nitrogens with zero attached hydrogens (tertiary/aromatic N) is 12.